The average molecular weight is 381 g/mol. The molecule has 2 nitrogen and oxygen atoms in total. The quantitative estimate of drug-likeness (QED) is 0.371. The smallest absolute Gasteiger partial charge is 0.142 e. The first kappa shape index (κ1) is 15.4. The van der Waals surface area contributed by atoms with Crippen LogP contribution >= 0.6 is 15.9 Å². The highest BCUT2D eigenvalue weighted by Crippen LogP contribution is 2.73. The Bertz CT molecular complexity index is 574. The molecule has 4 fully saturated rings. The van der Waals surface area contributed by atoms with Gasteiger partial charge in [0.25, 0.3) is 0 Å². The molecule has 5 aliphatic rings. The van der Waals surface area contributed by atoms with Gasteiger partial charge in [-0.3, -0.25) is 0 Å². The van der Waals surface area contributed by atoms with Gasteiger partial charge in [-0.2, -0.15) is 0 Å². The lowest BCUT2D eigenvalue weighted by atomic mass is 9.47. The van der Waals surface area contributed by atoms with Crippen molar-refractivity contribution in [3.05, 3.63) is 11.6 Å². The molecule has 3 unspecified atom stereocenters. The number of rotatable bonds is 0. The van der Waals surface area contributed by atoms with E-state index in [1.807, 2.05) is 0 Å². The standard InChI is InChI=1S/C20H29BrO2/c1-18-8-5-13(22)11-12(18)3-4-14-15(18)6-9-19(2)16(14)7-10-20(19)17(21)23-20/h3,13-17,22H,4-11H2,1-2H3/t13-,14?,15?,16?,17+,18-,19-,20+/m0/s1. The highest BCUT2D eigenvalue weighted by atomic mass is 79.9. The lowest BCUT2D eigenvalue weighted by Gasteiger charge is -2.57. The molecule has 128 valence electrons. The van der Waals surface area contributed by atoms with E-state index in [-0.39, 0.29) is 11.7 Å². The van der Waals surface area contributed by atoms with Crippen molar-refractivity contribution in [1.82, 2.24) is 0 Å². The Morgan fingerprint density at radius 3 is 2.61 bits per heavy atom. The Morgan fingerprint density at radius 2 is 1.87 bits per heavy atom. The van der Waals surface area contributed by atoms with Gasteiger partial charge in [-0.1, -0.05) is 41.4 Å². The van der Waals surface area contributed by atoms with E-state index in [0.29, 0.717) is 15.8 Å². The fourth-order valence-corrected chi connectivity index (χ4v) is 8.48. The highest BCUT2D eigenvalue weighted by molar-refractivity contribution is 9.09. The minimum absolute atomic E-state index is 0.0940. The van der Waals surface area contributed by atoms with Crippen molar-refractivity contribution in [2.24, 2.45) is 28.6 Å². The third-order valence-electron chi connectivity index (χ3n) is 8.88. The van der Waals surface area contributed by atoms with Crippen molar-refractivity contribution in [2.45, 2.75) is 81.9 Å². The molecule has 0 aromatic heterocycles. The first-order valence-corrected chi connectivity index (χ1v) is 10.5. The topological polar surface area (TPSA) is 32.8 Å². The molecule has 8 atom stereocenters. The molecule has 5 rings (SSSR count). The van der Waals surface area contributed by atoms with Gasteiger partial charge in [0.1, 0.15) is 10.6 Å². The van der Waals surface area contributed by atoms with Crippen molar-refractivity contribution in [2.75, 3.05) is 0 Å². The molecule has 0 bridgehead atoms. The molecule has 0 aromatic carbocycles. The van der Waals surface area contributed by atoms with E-state index in [2.05, 4.69) is 35.9 Å². The Kier molecular flexibility index (Phi) is 3.11. The molecule has 4 aliphatic carbocycles. The highest BCUT2D eigenvalue weighted by Gasteiger charge is 2.73. The van der Waals surface area contributed by atoms with E-state index >= 15 is 0 Å². The first-order chi connectivity index (χ1) is 10.9. The normalized spacial score (nSPS) is 60.7. The molecule has 1 N–H and O–H groups in total. The van der Waals surface area contributed by atoms with Crippen molar-refractivity contribution < 1.29 is 9.84 Å². The lowest BCUT2D eigenvalue weighted by molar-refractivity contribution is -0.0556. The Hall–Kier alpha value is 0.140. The maximum absolute atomic E-state index is 10.1. The van der Waals surface area contributed by atoms with Crippen LogP contribution in [0.5, 0.6) is 0 Å². The van der Waals surface area contributed by atoms with Crippen LogP contribution in [0.2, 0.25) is 0 Å². The molecule has 3 heteroatoms. The second-order valence-electron chi connectivity index (χ2n) is 9.47. The molecular weight excluding hydrogens is 352 g/mol. The lowest BCUT2D eigenvalue weighted by Crippen LogP contribution is -2.52. The molecule has 1 spiro atoms. The number of hydrogen-bond donors (Lipinski definition) is 1. The molecule has 3 saturated carbocycles. The summed E-state index contributed by atoms with van der Waals surface area (Å²) >= 11 is 3.76. The summed E-state index contributed by atoms with van der Waals surface area (Å²) in [7, 11) is 0. The van der Waals surface area contributed by atoms with E-state index in [1.54, 1.807) is 5.57 Å². The number of allylic oxidation sites excluding steroid dienone is 1. The predicted molar refractivity (Wildman–Crippen MR) is 94.2 cm³/mol. The van der Waals surface area contributed by atoms with E-state index in [9.17, 15) is 5.11 Å². The number of aliphatic hydroxyl groups excluding tert-OH is 1. The molecule has 0 amide bonds. The minimum atomic E-state index is -0.0940. The minimum Gasteiger partial charge on any atom is -0.393 e. The summed E-state index contributed by atoms with van der Waals surface area (Å²) in [6.07, 6.45) is 12.1. The monoisotopic (exact) mass is 380 g/mol. The Morgan fingerprint density at radius 1 is 1.13 bits per heavy atom. The summed E-state index contributed by atoms with van der Waals surface area (Å²) in [5.41, 5.74) is 2.46. The summed E-state index contributed by atoms with van der Waals surface area (Å²) in [5.74, 6) is 2.49. The zero-order chi connectivity index (χ0) is 16.0. The van der Waals surface area contributed by atoms with Gasteiger partial charge >= 0.3 is 0 Å². The van der Waals surface area contributed by atoms with Gasteiger partial charge in [-0.05, 0) is 74.5 Å². The van der Waals surface area contributed by atoms with Crippen LogP contribution in [0.4, 0.5) is 0 Å². The SMILES string of the molecule is C[C@]12CC[C@H](O)CC1=CCC1C2CC[C@@]2(C)C1CC[C@]21O[C@H]1Br. The van der Waals surface area contributed by atoms with Crippen molar-refractivity contribution in [1.29, 1.82) is 0 Å². The van der Waals surface area contributed by atoms with Crippen LogP contribution in [0, 0.1) is 28.6 Å². The maximum atomic E-state index is 10.1. The predicted octanol–water partition coefficient (Wildman–Crippen LogP) is 4.80. The summed E-state index contributed by atoms with van der Waals surface area (Å²) in [4.78, 5) is 0. The molecule has 1 aliphatic heterocycles. The van der Waals surface area contributed by atoms with E-state index < -0.39 is 0 Å². The van der Waals surface area contributed by atoms with Gasteiger partial charge in [-0.25, -0.2) is 0 Å². The van der Waals surface area contributed by atoms with Gasteiger partial charge in [0.2, 0.25) is 0 Å². The van der Waals surface area contributed by atoms with Crippen LogP contribution in [-0.4, -0.2) is 21.8 Å². The largest absolute Gasteiger partial charge is 0.393 e. The van der Waals surface area contributed by atoms with Crippen molar-refractivity contribution in [3.8, 4) is 0 Å². The average Bonchev–Trinajstić information content (AvgIpc) is 3.08. The van der Waals surface area contributed by atoms with Crippen LogP contribution in [0.3, 0.4) is 0 Å². The van der Waals surface area contributed by atoms with E-state index in [4.69, 9.17) is 4.74 Å². The van der Waals surface area contributed by atoms with Crippen LogP contribution in [0.1, 0.15) is 65.2 Å². The number of epoxide rings is 1. The number of aliphatic hydroxyl groups is 1. The number of halogens is 1. The molecule has 23 heavy (non-hydrogen) atoms. The number of hydrogen-bond acceptors (Lipinski definition) is 2. The summed E-state index contributed by atoms with van der Waals surface area (Å²) in [5, 5.41) is 10.4. The summed E-state index contributed by atoms with van der Waals surface area (Å²) in [6, 6.07) is 0. The number of alkyl halides is 1. The van der Waals surface area contributed by atoms with Crippen LogP contribution in [-0.2, 0) is 4.74 Å². The number of fused-ring (bicyclic) bond motifs is 6. The van der Waals surface area contributed by atoms with Gasteiger partial charge < -0.3 is 9.84 Å². The Balaban J connectivity index is 1.50. The fourth-order valence-electron chi connectivity index (χ4n) is 7.39. The van der Waals surface area contributed by atoms with Crippen LogP contribution in [0.25, 0.3) is 0 Å². The third-order valence-corrected chi connectivity index (χ3v) is 9.81. The van der Waals surface area contributed by atoms with Gasteiger partial charge in [0.05, 0.1) is 6.10 Å². The van der Waals surface area contributed by atoms with Gasteiger partial charge in [0, 0.05) is 5.41 Å². The third kappa shape index (κ3) is 1.77. The van der Waals surface area contributed by atoms with Crippen LogP contribution in [0.15, 0.2) is 11.6 Å². The zero-order valence-electron chi connectivity index (χ0n) is 14.4. The fraction of sp³-hybridized carbons (Fsp3) is 0.900. The molecule has 1 heterocycles. The van der Waals surface area contributed by atoms with Crippen molar-refractivity contribution >= 4 is 15.9 Å². The number of ether oxygens (including phenoxy) is 1. The second kappa shape index (κ2) is 4.65. The van der Waals surface area contributed by atoms with Crippen molar-refractivity contribution in [3.63, 3.8) is 0 Å². The second-order valence-corrected chi connectivity index (χ2v) is 10.3. The maximum Gasteiger partial charge on any atom is 0.142 e. The van der Waals surface area contributed by atoms with Crippen LogP contribution < -0.4 is 0 Å². The molecule has 1 saturated heterocycles. The molecule has 0 radical (unpaired) electrons. The first-order valence-electron chi connectivity index (χ1n) is 9.60. The van der Waals surface area contributed by atoms with E-state index in [0.717, 1.165) is 30.6 Å². The summed E-state index contributed by atoms with van der Waals surface area (Å²) < 4.78 is 6.13. The van der Waals surface area contributed by atoms with Gasteiger partial charge in [0.15, 0.2) is 0 Å². The van der Waals surface area contributed by atoms with E-state index in [1.165, 1.54) is 38.5 Å². The van der Waals surface area contributed by atoms with Gasteiger partial charge in [-0.15, -0.1) is 0 Å². The summed E-state index contributed by atoms with van der Waals surface area (Å²) in [6.45, 7) is 5.03. The zero-order valence-corrected chi connectivity index (χ0v) is 15.9. The Labute approximate surface area is 148 Å². The molecular formula is C20H29BrO2. The molecule has 0 aromatic rings.